The van der Waals surface area contributed by atoms with Crippen LogP contribution in [0.2, 0.25) is 5.02 Å². The van der Waals surface area contributed by atoms with Crippen molar-refractivity contribution in [3.8, 4) is 17.2 Å². The third kappa shape index (κ3) is 4.67. The Balaban J connectivity index is 2.32. The summed E-state index contributed by atoms with van der Waals surface area (Å²) in [5, 5.41) is 0.229. The van der Waals surface area contributed by atoms with E-state index in [0.717, 1.165) is 12.3 Å². The van der Waals surface area contributed by atoms with E-state index < -0.39 is 21.6 Å². The Morgan fingerprint density at radius 2 is 1.78 bits per heavy atom. The van der Waals surface area contributed by atoms with Crippen LogP contribution in [0.3, 0.4) is 0 Å². The summed E-state index contributed by atoms with van der Waals surface area (Å²) in [6.45, 7) is 1.23. The van der Waals surface area contributed by atoms with Crippen LogP contribution in [0.1, 0.15) is 6.92 Å². The Morgan fingerprint density at radius 1 is 1.13 bits per heavy atom. The van der Waals surface area contributed by atoms with E-state index >= 15 is 0 Å². The number of hydrogen-bond donors (Lipinski definition) is 0. The van der Waals surface area contributed by atoms with E-state index in [1.807, 2.05) is 0 Å². The van der Waals surface area contributed by atoms with Crippen molar-refractivity contribution in [1.82, 2.24) is 0 Å². The maximum absolute atomic E-state index is 14.0. The molecule has 0 spiro atoms. The normalized spacial score (nSPS) is 11.1. The lowest BCUT2D eigenvalue weighted by atomic mass is 10.3. The van der Waals surface area contributed by atoms with Gasteiger partial charge in [0, 0.05) is 24.3 Å². The van der Waals surface area contributed by atoms with Gasteiger partial charge >= 0.3 is 5.97 Å². The smallest absolute Gasteiger partial charge is 0.308 e. The van der Waals surface area contributed by atoms with Gasteiger partial charge in [-0.3, -0.25) is 4.79 Å². The van der Waals surface area contributed by atoms with E-state index in [1.165, 1.54) is 37.3 Å². The molecule has 0 fully saturated rings. The molecule has 2 rings (SSSR count). The number of ether oxygens (including phenoxy) is 2. The minimum atomic E-state index is -3.52. The predicted octanol–water partition coefficient (Wildman–Crippen LogP) is 3.60. The van der Waals surface area contributed by atoms with Crippen molar-refractivity contribution in [1.29, 1.82) is 0 Å². The summed E-state index contributed by atoms with van der Waals surface area (Å²) in [4.78, 5) is 10.8. The van der Waals surface area contributed by atoms with Crippen molar-refractivity contribution in [3.05, 3.63) is 47.2 Å². The highest BCUT2D eigenvalue weighted by Gasteiger charge is 2.13. The van der Waals surface area contributed by atoms with Gasteiger partial charge in [0.2, 0.25) is 0 Å². The van der Waals surface area contributed by atoms with Crippen LogP contribution in [0.15, 0.2) is 41.3 Å². The fourth-order valence-electron chi connectivity index (χ4n) is 1.74. The molecule has 0 N–H and O–H groups in total. The van der Waals surface area contributed by atoms with Crippen LogP contribution >= 0.6 is 11.6 Å². The molecule has 0 amide bonds. The second-order valence-corrected chi connectivity index (χ2v) is 7.13. The van der Waals surface area contributed by atoms with Crippen LogP contribution in [-0.2, 0) is 14.6 Å². The van der Waals surface area contributed by atoms with Gasteiger partial charge in [-0.1, -0.05) is 11.6 Å². The fourth-order valence-corrected chi connectivity index (χ4v) is 2.59. The largest absolute Gasteiger partial charge is 0.454 e. The van der Waals surface area contributed by atoms with Crippen molar-refractivity contribution < 1.29 is 27.1 Å². The lowest BCUT2D eigenvalue weighted by Crippen LogP contribution is -2.01. The maximum Gasteiger partial charge on any atom is 0.308 e. The van der Waals surface area contributed by atoms with Gasteiger partial charge in [0.05, 0.1) is 4.90 Å². The summed E-state index contributed by atoms with van der Waals surface area (Å²) >= 11 is 5.88. The number of carbonyl (C=O) groups excluding carboxylic acids is 1. The van der Waals surface area contributed by atoms with Crippen LogP contribution in [0.25, 0.3) is 0 Å². The van der Waals surface area contributed by atoms with Gasteiger partial charge in [-0.2, -0.15) is 0 Å². The SMILES string of the molecule is CC(=O)Oc1cc(Cl)cc(Oc2ccc(S(C)(=O)=O)cc2F)c1. The predicted molar refractivity (Wildman–Crippen MR) is 82.3 cm³/mol. The Morgan fingerprint density at radius 3 is 2.35 bits per heavy atom. The average Bonchev–Trinajstić information content (AvgIpc) is 2.38. The van der Waals surface area contributed by atoms with Gasteiger partial charge in [0.15, 0.2) is 21.4 Å². The molecule has 0 saturated carbocycles. The molecular formula is C15H12ClFO5S. The Bertz CT molecular complexity index is 864. The molecule has 23 heavy (non-hydrogen) atoms. The number of hydrogen-bond acceptors (Lipinski definition) is 5. The Hall–Kier alpha value is -2.12. The van der Waals surface area contributed by atoms with Crippen LogP contribution in [0.5, 0.6) is 17.2 Å². The highest BCUT2D eigenvalue weighted by Crippen LogP contribution is 2.31. The summed E-state index contributed by atoms with van der Waals surface area (Å²) in [7, 11) is -3.52. The second kappa shape index (κ2) is 6.55. The van der Waals surface area contributed by atoms with E-state index in [1.54, 1.807) is 0 Å². The zero-order chi connectivity index (χ0) is 17.2. The number of benzene rings is 2. The quantitative estimate of drug-likeness (QED) is 0.617. The van der Waals surface area contributed by atoms with Crippen LogP contribution in [0.4, 0.5) is 4.39 Å². The van der Waals surface area contributed by atoms with Gasteiger partial charge in [-0.25, -0.2) is 12.8 Å². The molecule has 8 heteroatoms. The van der Waals surface area contributed by atoms with Gasteiger partial charge in [-0.05, 0) is 30.3 Å². The minimum absolute atomic E-state index is 0.139. The first-order chi connectivity index (χ1) is 10.6. The molecule has 0 bridgehead atoms. The van der Waals surface area contributed by atoms with Crippen molar-refractivity contribution >= 4 is 27.4 Å². The molecule has 0 unspecified atom stereocenters. The van der Waals surface area contributed by atoms with Crippen LogP contribution in [0, 0.1) is 5.82 Å². The Kier molecular flexibility index (Phi) is 4.91. The van der Waals surface area contributed by atoms with E-state index in [2.05, 4.69) is 0 Å². The lowest BCUT2D eigenvalue weighted by Gasteiger charge is -2.10. The van der Waals surface area contributed by atoms with Gasteiger partial charge in [-0.15, -0.1) is 0 Å². The first-order valence-corrected chi connectivity index (χ1v) is 8.58. The van der Waals surface area contributed by atoms with E-state index in [-0.39, 0.29) is 27.2 Å². The van der Waals surface area contributed by atoms with Crippen LogP contribution < -0.4 is 9.47 Å². The third-order valence-electron chi connectivity index (χ3n) is 2.67. The number of sulfone groups is 1. The number of carbonyl (C=O) groups is 1. The molecule has 0 radical (unpaired) electrons. The Labute approximate surface area is 137 Å². The first kappa shape index (κ1) is 17.2. The zero-order valence-electron chi connectivity index (χ0n) is 12.2. The van der Waals surface area contributed by atoms with Crippen molar-refractivity contribution in [2.75, 3.05) is 6.26 Å². The first-order valence-electron chi connectivity index (χ1n) is 6.31. The molecule has 0 heterocycles. The number of esters is 1. The molecule has 0 aliphatic carbocycles. The molecule has 0 saturated heterocycles. The van der Waals surface area contributed by atoms with Crippen molar-refractivity contribution in [2.24, 2.45) is 0 Å². The lowest BCUT2D eigenvalue weighted by molar-refractivity contribution is -0.131. The minimum Gasteiger partial charge on any atom is -0.454 e. The molecule has 2 aromatic carbocycles. The van der Waals surface area contributed by atoms with Gasteiger partial charge in [0.1, 0.15) is 11.5 Å². The highest BCUT2D eigenvalue weighted by atomic mass is 35.5. The standard InChI is InChI=1S/C15H12ClFO5S/c1-9(18)21-11-5-10(16)6-12(7-11)22-15-4-3-13(8-14(15)17)23(2,19)20/h3-8H,1-2H3. The summed E-state index contributed by atoms with van der Waals surface area (Å²) < 4.78 is 46.9. The monoisotopic (exact) mass is 358 g/mol. The number of halogens is 2. The molecule has 5 nitrogen and oxygen atoms in total. The van der Waals surface area contributed by atoms with Crippen LogP contribution in [-0.4, -0.2) is 20.6 Å². The van der Waals surface area contributed by atoms with Crippen molar-refractivity contribution in [3.63, 3.8) is 0 Å². The molecule has 122 valence electrons. The van der Waals surface area contributed by atoms with Crippen molar-refractivity contribution in [2.45, 2.75) is 11.8 Å². The number of rotatable bonds is 4. The van der Waals surface area contributed by atoms with Gasteiger partial charge < -0.3 is 9.47 Å². The maximum atomic E-state index is 14.0. The summed E-state index contributed by atoms with van der Waals surface area (Å²) in [5.74, 6) is -1.29. The summed E-state index contributed by atoms with van der Waals surface area (Å²) in [5.41, 5.74) is 0. The second-order valence-electron chi connectivity index (χ2n) is 4.68. The fraction of sp³-hybridized carbons (Fsp3) is 0.133. The highest BCUT2D eigenvalue weighted by molar-refractivity contribution is 7.90. The van der Waals surface area contributed by atoms with E-state index in [0.29, 0.717) is 0 Å². The molecule has 0 aliphatic rings. The molecule has 0 aromatic heterocycles. The van der Waals surface area contributed by atoms with E-state index in [4.69, 9.17) is 21.1 Å². The van der Waals surface area contributed by atoms with Gasteiger partial charge in [0.25, 0.3) is 0 Å². The zero-order valence-corrected chi connectivity index (χ0v) is 13.7. The average molecular weight is 359 g/mol. The third-order valence-corrected chi connectivity index (χ3v) is 3.99. The summed E-state index contributed by atoms with van der Waals surface area (Å²) in [6.07, 6.45) is 0.977. The topological polar surface area (TPSA) is 69.7 Å². The summed E-state index contributed by atoms with van der Waals surface area (Å²) in [6, 6.07) is 7.44. The molecule has 0 aliphatic heterocycles. The molecule has 0 atom stereocenters. The van der Waals surface area contributed by atoms with E-state index in [9.17, 15) is 17.6 Å². The molecular weight excluding hydrogens is 347 g/mol. The molecule has 2 aromatic rings.